The normalized spacial score (nSPS) is 40.9. The van der Waals surface area contributed by atoms with Crippen molar-refractivity contribution in [1.29, 1.82) is 0 Å². The molecule has 1 saturated carbocycles. The molecule has 0 aromatic heterocycles. The Morgan fingerprint density at radius 2 is 1.71 bits per heavy atom. The quantitative estimate of drug-likeness (QED) is 0.0622. The van der Waals surface area contributed by atoms with Crippen molar-refractivity contribution in [2.24, 2.45) is 22.9 Å². The summed E-state index contributed by atoms with van der Waals surface area (Å²) in [7, 11) is 1.60. The summed E-state index contributed by atoms with van der Waals surface area (Å²) in [4.78, 5) is 0. The van der Waals surface area contributed by atoms with Crippen LogP contribution in [0.4, 0.5) is 0 Å². The molecule has 0 aromatic carbocycles. The number of nitrogens with one attached hydrogen (secondary N) is 2. The first-order valence-electron chi connectivity index (χ1n) is 14.4. The third-order valence-corrected chi connectivity index (χ3v) is 8.11. The van der Waals surface area contributed by atoms with E-state index in [4.69, 9.17) is 46.6 Å². The maximum atomic E-state index is 11.3. The van der Waals surface area contributed by atoms with Crippen molar-refractivity contribution in [2.45, 2.75) is 124 Å². The van der Waals surface area contributed by atoms with Gasteiger partial charge in [-0.25, -0.2) is 0 Å². The highest BCUT2D eigenvalue weighted by Gasteiger charge is 2.52. The summed E-state index contributed by atoms with van der Waals surface area (Å²) in [6, 6.07) is -2.66. The van der Waals surface area contributed by atoms with Crippen LogP contribution in [0.2, 0.25) is 0 Å². The Morgan fingerprint density at radius 1 is 0.976 bits per heavy atom. The molecule has 0 amide bonds. The molecule has 0 bridgehead atoms. The van der Waals surface area contributed by atoms with Crippen LogP contribution in [-0.2, 0) is 23.7 Å². The second-order valence-corrected chi connectivity index (χ2v) is 11.3. The van der Waals surface area contributed by atoms with Crippen LogP contribution in [0, 0.1) is 0 Å². The summed E-state index contributed by atoms with van der Waals surface area (Å²) in [5, 5.41) is 57.7. The number of hydrogen-bond donors (Lipinski definition) is 11. The fourth-order valence-corrected chi connectivity index (χ4v) is 5.49. The number of nitrogens with two attached hydrogens (primary N) is 4. The molecule has 2 heterocycles. The van der Waals surface area contributed by atoms with E-state index in [0.717, 1.165) is 6.42 Å². The van der Waals surface area contributed by atoms with Crippen LogP contribution in [0.25, 0.3) is 0 Å². The summed E-state index contributed by atoms with van der Waals surface area (Å²) in [5.74, 6) is 0. The molecule has 16 heteroatoms. The van der Waals surface area contributed by atoms with Crippen LogP contribution in [0.1, 0.15) is 32.6 Å². The number of aliphatic hydroxyl groups is 5. The van der Waals surface area contributed by atoms with Gasteiger partial charge < -0.3 is 82.8 Å². The average molecular weight is 597 g/mol. The van der Waals surface area contributed by atoms with E-state index in [2.05, 4.69) is 10.6 Å². The van der Waals surface area contributed by atoms with Gasteiger partial charge in [0.05, 0.1) is 49.7 Å². The van der Waals surface area contributed by atoms with Gasteiger partial charge in [0.25, 0.3) is 0 Å². The van der Waals surface area contributed by atoms with Gasteiger partial charge in [0.2, 0.25) is 0 Å². The zero-order valence-electron chi connectivity index (χ0n) is 23.9. The number of aliphatic hydroxyl groups excluding tert-OH is 5. The zero-order valence-corrected chi connectivity index (χ0v) is 23.9. The molecule has 15 unspecified atom stereocenters. The largest absolute Gasteiger partial charge is 0.394 e. The smallest absolute Gasteiger partial charge is 0.189 e. The summed E-state index contributed by atoms with van der Waals surface area (Å²) in [6.45, 7) is 1.83. The van der Waals surface area contributed by atoms with E-state index >= 15 is 0 Å². The molecule has 2 aliphatic heterocycles. The second-order valence-electron chi connectivity index (χ2n) is 11.3. The van der Waals surface area contributed by atoms with Crippen molar-refractivity contribution < 1.29 is 49.2 Å². The second kappa shape index (κ2) is 16.4. The number of fused-ring (bicyclic) bond motifs is 1. The van der Waals surface area contributed by atoms with E-state index in [-0.39, 0.29) is 25.5 Å². The number of likely N-dealkylation sites (N-methyl/N-ethyl adjacent to an activating group) is 1. The van der Waals surface area contributed by atoms with Crippen molar-refractivity contribution in [3.05, 3.63) is 0 Å². The molecule has 242 valence electrons. The van der Waals surface area contributed by atoms with Gasteiger partial charge in [-0.2, -0.15) is 0 Å². The molecule has 3 aliphatic rings. The maximum Gasteiger partial charge on any atom is 0.189 e. The minimum absolute atomic E-state index is 0.238. The average Bonchev–Trinajstić information content (AvgIpc) is 2.94. The molecule has 3 fully saturated rings. The molecule has 0 aromatic rings. The van der Waals surface area contributed by atoms with Crippen LogP contribution >= 0.6 is 0 Å². The Bertz CT molecular complexity index is 762. The Hall–Kier alpha value is -0.640. The van der Waals surface area contributed by atoms with E-state index in [0.29, 0.717) is 19.5 Å². The summed E-state index contributed by atoms with van der Waals surface area (Å²) in [5.41, 5.74) is 24.0. The van der Waals surface area contributed by atoms with Crippen molar-refractivity contribution in [3.63, 3.8) is 0 Å². The van der Waals surface area contributed by atoms with Gasteiger partial charge in [-0.3, -0.25) is 0 Å². The Balaban J connectivity index is 1.67. The predicted octanol–water partition coefficient (Wildman–Crippen LogP) is -5.30. The van der Waals surface area contributed by atoms with Gasteiger partial charge in [0, 0.05) is 24.5 Å². The lowest BCUT2D eigenvalue weighted by Gasteiger charge is -2.50. The van der Waals surface area contributed by atoms with E-state index in [9.17, 15) is 25.5 Å². The van der Waals surface area contributed by atoms with E-state index < -0.39 is 92.4 Å². The van der Waals surface area contributed by atoms with E-state index in [1.807, 2.05) is 0 Å². The standard InChI is InChI=1S/C25H52N6O10/c1-11(31-5-3-4-26)19(10-33)39-24(16(35)9-32)41-25-20(30-2)21(36)22-18(38-25)7-14(29)23(40-22)37-17-8-15(34)12(27)6-13(17)28/h11-25,30-36H,3-10,26-29H2,1-2H3. The summed E-state index contributed by atoms with van der Waals surface area (Å²) in [6.07, 6.45) is -8.12. The van der Waals surface area contributed by atoms with Crippen LogP contribution in [0.3, 0.4) is 0 Å². The van der Waals surface area contributed by atoms with Crippen molar-refractivity contribution in [2.75, 3.05) is 33.4 Å². The van der Waals surface area contributed by atoms with Crippen molar-refractivity contribution >= 4 is 0 Å². The molecule has 0 spiro atoms. The van der Waals surface area contributed by atoms with Gasteiger partial charge in [-0.15, -0.1) is 0 Å². The summed E-state index contributed by atoms with van der Waals surface area (Å²) < 4.78 is 30.2. The van der Waals surface area contributed by atoms with Gasteiger partial charge in [-0.1, -0.05) is 0 Å². The molecule has 1 aliphatic carbocycles. The molecule has 15 atom stereocenters. The van der Waals surface area contributed by atoms with Crippen molar-refractivity contribution in [1.82, 2.24) is 10.6 Å². The third-order valence-electron chi connectivity index (χ3n) is 8.11. The van der Waals surface area contributed by atoms with Crippen LogP contribution in [-0.4, -0.2) is 151 Å². The first-order chi connectivity index (χ1) is 19.5. The van der Waals surface area contributed by atoms with Crippen molar-refractivity contribution in [3.8, 4) is 0 Å². The zero-order chi connectivity index (χ0) is 30.3. The lowest BCUT2D eigenvalue weighted by Crippen LogP contribution is -2.68. The Morgan fingerprint density at radius 3 is 2.34 bits per heavy atom. The Labute approximate surface area is 240 Å². The van der Waals surface area contributed by atoms with Crippen LogP contribution in [0.5, 0.6) is 0 Å². The monoisotopic (exact) mass is 596 g/mol. The van der Waals surface area contributed by atoms with Crippen LogP contribution in [0.15, 0.2) is 0 Å². The fourth-order valence-electron chi connectivity index (χ4n) is 5.49. The minimum Gasteiger partial charge on any atom is -0.394 e. The highest BCUT2D eigenvalue weighted by Crippen LogP contribution is 2.34. The first kappa shape index (κ1) is 34.8. The number of rotatable bonds is 15. The maximum absolute atomic E-state index is 11.3. The summed E-state index contributed by atoms with van der Waals surface area (Å²) >= 11 is 0. The minimum atomic E-state index is -1.47. The number of hydrogen-bond acceptors (Lipinski definition) is 16. The first-order valence-corrected chi connectivity index (χ1v) is 14.4. The lowest BCUT2D eigenvalue weighted by molar-refractivity contribution is -0.361. The van der Waals surface area contributed by atoms with Gasteiger partial charge >= 0.3 is 0 Å². The van der Waals surface area contributed by atoms with Gasteiger partial charge in [-0.05, 0) is 46.3 Å². The SMILES string of the molecule is CNC1C(OC(OC(CO)C(C)NCCCN)C(O)CO)OC2CC(N)C(OC3CC(O)C(N)CC3N)OC2C1O. The van der Waals surface area contributed by atoms with Gasteiger partial charge in [0.1, 0.15) is 18.3 Å². The predicted molar refractivity (Wildman–Crippen MR) is 146 cm³/mol. The molecule has 2 saturated heterocycles. The van der Waals surface area contributed by atoms with Gasteiger partial charge in [0.15, 0.2) is 18.9 Å². The fraction of sp³-hybridized carbons (Fsp3) is 1.00. The molecule has 0 radical (unpaired) electrons. The third kappa shape index (κ3) is 8.95. The van der Waals surface area contributed by atoms with E-state index in [1.54, 1.807) is 14.0 Å². The molecule has 3 rings (SSSR count). The molecular formula is C25H52N6O10. The molecule has 15 N–H and O–H groups in total. The molecule has 16 nitrogen and oxygen atoms in total. The lowest BCUT2D eigenvalue weighted by atomic mass is 9.87. The number of ether oxygens (including phenoxy) is 5. The Kier molecular flexibility index (Phi) is 14.0. The van der Waals surface area contributed by atoms with E-state index in [1.165, 1.54) is 0 Å². The highest BCUT2D eigenvalue weighted by molar-refractivity contribution is 4.99. The molecule has 41 heavy (non-hydrogen) atoms. The molecular weight excluding hydrogens is 544 g/mol. The highest BCUT2D eigenvalue weighted by atomic mass is 16.8. The van der Waals surface area contributed by atoms with Crippen LogP contribution < -0.4 is 33.6 Å². The topological polar surface area (TPSA) is 275 Å².